The molecule has 0 spiro atoms. The first-order valence-electron chi connectivity index (χ1n) is 4.44. The monoisotopic (exact) mass is 212 g/mol. The Kier molecular flexibility index (Phi) is 4.43. The minimum Gasteiger partial charge on any atom is -0.273 e. The minimum absolute atomic E-state index is 0.114. The zero-order valence-electron chi connectivity index (χ0n) is 7.82. The molecule has 0 bridgehead atoms. The van der Waals surface area contributed by atoms with E-state index in [1.165, 1.54) is 0 Å². The number of alkyl halides is 1. The maximum atomic E-state index is 11.4. The fraction of sp³-hybridized carbons (Fsp3) is 0.300. The van der Waals surface area contributed by atoms with Crippen LogP contribution in [-0.4, -0.2) is 11.8 Å². The average molecular weight is 213 g/mol. The maximum Gasteiger partial charge on any atom is 0.241 e. The second kappa shape index (κ2) is 5.62. The van der Waals surface area contributed by atoms with Crippen molar-refractivity contribution in [2.75, 3.05) is 10.9 Å². The molecule has 4 heteroatoms. The van der Waals surface area contributed by atoms with Gasteiger partial charge in [-0.1, -0.05) is 18.2 Å². The number of amides is 1. The lowest BCUT2D eigenvalue weighted by molar-refractivity contribution is -0.118. The third-order valence-corrected chi connectivity index (χ3v) is 2.09. The number of halogens is 1. The van der Waals surface area contributed by atoms with Crippen LogP contribution >= 0.6 is 11.6 Å². The SMILES string of the molecule is NN(C(=O)CCCCl)c1ccccc1. The maximum absolute atomic E-state index is 11.4. The van der Waals surface area contributed by atoms with E-state index >= 15 is 0 Å². The molecule has 1 aromatic carbocycles. The van der Waals surface area contributed by atoms with Crippen LogP contribution in [0, 0.1) is 0 Å². The average Bonchev–Trinajstić information content (AvgIpc) is 2.26. The third kappa shape index (κ3) is 3.01. The molecule has 1 aromatic rings. The first-order chi connectivity index (χ1) is 6.75. The van der Waals surface area contributed by atoms with Crippen molar-refractivity contribution >= 4 is 23.2 Å². The number of carbonyl (C=O) groups is 1. The third-order valence-electron chi connectivity index (χ3n) is 1.83. The Bertz CT molecular complexity index is 289. The van der Waals surface area contributed by atoms with Crippen LogP contribution < -0.4 is 10.9 Å². The van der Waals surface area contributed by atoms with Gasteiger partial charge in [-0.15, -0.1) is 11.6 Å². The predicted molar refractivity (Wildman–Crippen MR) is 58.1 cm³/mol. The fourth-order valence-corrected chi connectivity index (χ4v) is 1.20. The molecular formula is C10H13ClN2O. The van der Waals surface area contributed by atoms with Crippen LogP contribution in [0.3, 0.4) is 0 Å². The van der Waals surface area contributed by atoms with Crippen molar-refractivity contribution in [1.29, 1.82) is 0 Å². The molecule has 0 heterocycles. The van der Waals surface area contributed by atoms with E-state index in [2.05, 4.69) is 0 Å². The van der Waals surface area contributed by atoms with Gasteiger partial charge in [-0.3, -0.25) is 4.79 Å². The molecule has 0 unspecified atom stereocenters. The summed E-state index contributed by atoms with van der Waals surface area (Å²) in [6.45, 7) is 0. The van der Waals surface area contributed by atoms with Gasteiger partial charge in [-0.05, 0) is 18.6 Å². The topological polar surface area (TPSA) is 46.3 Å². The van der Waals surface area contributed by atoms with Crippen LogP contribution in [0.2, 0.25) is 0 Å². The first-order valence-corrected chi connectivity index (χ1v) is 4.98. The summed E-state index contributed by atoms with van der Waals surface area (Å²) in [6, 6.07) is 9.13. The van der Waals surface area contributed by atoms with Crippen LogP contribution in [0.25, 0.3) is 0 Å². The Balaban J connectivity index is 2.57. The predicted octanol–water partition coefficient (Wildman–Crippen LogP) is 1.91. The van der Waals surface area contributed by atoms with Crippen molar-refractivity contribution in [1.82, 2.24) is 0 Å². The summed E-state index contributed by atoms with van der Waals surface area (Å²) >= 11 is 5.48. The van der Waals surface area contributed by atoms with E-state index in [1.807, 2.05) is 18.2 Å². The van der Waals surface area contributed by atoms with Crippen LogP contribution in [0.15, 0.2) is 30.3 Å². The lowest BCUT2D eigenvalue weighted by atomic mass is 10.2. The molecule has 76 valence electrons. The molecule has 0 aliphatic rings. The Hall–Kier alpha value is -1.06. The highest BCUT2D eigenvalue weighted by atomic mass is 35.5. The van der Waals surface area contributed by atoms with Gasteiger partial charge in [0.25, 0.3) is 0 Å². The van der Waals surface area contributed by atoms with Crippen LogP contribution in [0.5, 0.6) is 0 Å². The Morgan fingerprint density at radius 1 is 1.36 bits per heavy atom. The zero-order valence-corrected chi connectivity index (χ0v) is 8.57. The summed E-state index contributed by atoms with van der Waals surface area (Å²) in [5.74, 6) is 5.99. The molecule has 0 radical (unpaired) electrons. The number of hydrazine groups is 1. The van der Waals surface area contributed by atoms with E-state index in [-0.39, 0.29) is 5.91 Å². The number of hydrogen-bond donors (Lipinski definition) is 1. The van der Waals surface area contributed by atoms with Gasteiger partial charge in [0.1, 0.15) is 0 Å². The summed E-state index contributed by atoms with van der Waals surface area (Å²) < 4.78 is 0. The van der Waals surface area contributed by atoms with Crippen LogP contribution in [0.4, 0.5) is 5.69 Å². The molecule has 1 amide bonds. The zero-order chi connectivity index (χ0) is 10.4. The fourth-order valence-electron chi connectivity index (χ4n) is 1.07. The van der Waals surface area contributed by atoms with E-state index in [4.69, 9.17) is 17.4 Å². The normalized spacial score (nSPS) is 9.86. The highest BCUT2D eigenvalue weighted by molar-refractivity contribution is 6.18. The first kappa shape index (κ1) is 11.0. The molecule has 2 N–H and O–H groups in total. The summed E-state index contributed by atoms with van der Waals surface area (Å²) in [7, 11) is 0. The summed E-state index contributed by atoms with van der Waals surface area (Å²) in [6.07, 6.45) is 1.04. The summed E-state index contributed by atoms with van der Waals surface area (Å²) in [5.41, 5.74) is 0.701. The molecule has 0 aliphatic heterocycles. The standard InChI is InChI=1S/C10H13ClN2O/c11-8-4-7-10(14)13(12)9-5-2-1-3-6-9/h1-3,5-6H,4,7-8,12H2. The smallest absolute Gasteiger partial charge is 0.241 e. The number of rotatable bonds is 4. The van der Waals surface area contributed by atoms with Crippen molar-refractivity contribution in [3.63, 3.8) is 0 Å². The molecule has 0 saturated carbocycles. The number of benzene rings is 1. The summed E-state index contributed by atoms with van der Waals surface area (Å²) in [5, 5.41) is 1.16. The lowest BCUT2D eigenvalue weighted by Gasteiger charge is -2.15. The van der Waals surface area contributed by atoms with Crippen molar-refractivity contribution in [3.05, 3.63) is 30.3 Å². The van der Waals surface area contributed by atoms with E-state index < -0.39 is 0 Å². The van der Waals surface area contributed by atoms with Crippen molar-refractivity contribution in [2.24, 2.45) is 5.84 Å². The molecule has 3 nitrogen and oxygen atoms in total. The van der Waals surface area contributed by atoms with E-state index in [1.54, 1.807) is 12.1 Å². The van der Waals surface area contributed by atoms with Crippen LogP contribution in [0.1, 0.15) is 12.8 Å². The molecule has 0 aliphatic carbocycles. The quantitative estimate of drug-likeness (QED) is 0.359. The number of nitrogens with zero attached hydrogens (tertiary/aromatic N) is 1. The molecular weight excluding hydrogens is 200 g/mol. The molecule has 0 fully saturated rings. The molecule has 1 rings (SSSR count). The Morgan fingerprint density at radius 3 is 2.57 bits per heavy atom. The van der Waals surface area contributed by atoms with Crippen LogP contribution in [-0.2, 0) is 4.79 Å². The van der Waals surface area contributed by atoms with E-state index in [0.717, 1.165) is 5.01 Å². The lowest BCUT2D eigenvalue weighted by Crippen LogP contribution is -2.37. The van der Waals surface area contributed by atoms with Gasteiger partial charge in [0.2, 0.25) is 5.91 Å². The highest BCUT2D eigenvalue weighted by Crippen LogP contribution is 2.10. The van der Waals surface area contributed by atoms with Gasteiger partial charge in [0, 0.05) is 12.3 Å². The van der Waals surface area contributed by atoms with Gasteiger partial charge in [0.05, 0.1) is 5.69 Å². The van der Waals surface area contributed by atoms with Gasteiger partial charge in [0.15, 0.2) is 0 Å². The van der Waals surface area contributed by atoms with Gasteiger partial charge >= 0.3 is 0 Å². The van der Waals surface area contributed by atoms with E-state index in [0.29, 0.717) is 24.4 Å². The molecule has 0 saturated heterocycles. The van der Waals surface area contributed by atoms with E-state index in [9.17, 15) is 4.79 Å². The number of hydrogen-bond acceptors (Lipinski definition) is 2. The highest BCUT2D eigenvalue weighted by Gasteiger charge is 2.09. The number of nitrogens with two attached hydrogens (primary N) is 1. The van der Waals surface area contributed by atoms with Gasteiger partial charge in [-0.2, -0.15) is 0 Å². The molecule has 14 heavy (non-hydrogen) atoms. The second-order valence-corrected chi connectivity index (χ2v) is 3.27. The number of carbonyl (C=O) groups excluding carboxylic acids is 1. The summed E-state index contributed by atoms with van der Waals surface area (Å²) in [4.78, 5) is 11.4. The van der Waals surface area contributed by atoms with Crippen molar-refractivity contribution < 1.29 is 4.79 Å². The Morgan fingerprint density at radius 2 is 2.00 bits per heavy atom. The number of para-hydroxylation sites is 1. The Labute approximate surface area is 88.4 Å². The van der Waals surface area contributed by atoms with Crippen molar-refractivity contribution in [2.45, 2.75) is 12.8 Å². The molecule has 0 atom stereocenters. The number of anilines is 1. The molecule has 0 aromatic heterocycles. The second-order valence-electron chi connectivity index (χ2n) is 2.89. The van der Waals surface area contributed by atoms with Gasteiger partial charge < -0.3 is 0 Å². The largest absolute Gasteiger partial charge is 0.273 e. The van der Waals surface area contributed by atoms with Gasteiger partial charge in [-0.25, -0.2) is 10.9 Å². The van der Waals surface area contributed by atoms with Crippen molar-refractivity contribution in [3.8, 4) is 0 Å². The minimum atomic E-state index is -0.114.